The molecule has 0 saturated carbocycles. The van der Waals surface area contributed by atoms with Crippen LogP contribution in [0.3, 0.4) is 0 Å². The molecule has 25 heavy (non-hydrogen) atoms. The van der Waals surface area contributed by atoms with Crippen molar-refractivity contribution in [3.63, 3.8) is 0 Å². The number of urea groups is 1. The van der Waals surface area contributed by atoms with Crippen LogP contribution in [0.2, 0.25) is 0 Å². The Hall–Kier alpha value is -2.74. The maximum Gasteiger partial charge on any atom is 0.329 e. The number of carbonyl (C=O) groups excluding carboxylic acids is 1. The van der Waals surface area contributed by atoms with Crippen molar-refractivity contribution in [3.05, 3.63) is 36.7 Å². The van der Waals surface area contributed by atoms with Crippen molar-refractivity contribution in [1.82, 2.24) is 20.3 Å². The lowest BCUT2D eigenvalue weighted by atomic mass is 10.3. The summed E-state index contributed by atoms with van der Waals surface area (Å²) in [5.74, 6) is 0.840. The number of aromatic nitrogens is 3. The third-order valence-electron chi connectivity index (χ3n) is 3.67. The molecule has 1 aliphatic rings. The molecule has 0 bridgehead atoms. The highest BCUT2D eigenvalue weighted by Gasteiger charge is 2.23. The number of rotatable bonds is 4. The summed E-state index contributed by atoms with van der Waals surface area (Å²) in [5.41, 5.74) is 0.694. The van der Waals surface area contributed by atoms with Crippen molar-refractivity contribution in [1.29, 1.82) is 0 Å². The summed E-state index contributed by atoms with van der Waals surface area (Å²) >= 11 is 0. The maximum atomic E-state index is 12.7. The fourth-order valence-corrected chi connectivity index (χ4v) is 2.51. The van der Waals surface area contributed by atoms with E-state index in [1.54, 1.807) is 0 Å². The van der Waals surface area contributed by atoms with Crippen LogP contribution in [0, 0.1) is 0 Å². The minimum Gasteiger partial charge on any atom is -0.378 e. The summed E-state index contributed by atoms with van der Waals surface area (Å²) in [6.07, 6.45) is 1.44. The average Bonchev–Trinajstić information content (AvgIpc) is 2.63. The number of anilines is 3. The summed E-state index contributed by atoms with van der Waals surface area (Å²) in [5, 5.41) is 2.89. The Balaban J connectivity index is 1.94. The Morgan fingerprint density at radius 1 is 1.20 bits per heavy atom. The third kappa shape index (κ3) is 4.21. The van der Waals surface area contributed by atoms with Gasteiger partial charge < -0.3 is 15.0 Å². The number of para-hydroxylation sites is 1. The lowest BCUT2D eigenvalue weighted by molar-refractivity contribution is 0.122. The fourth-order valence-electron chi connectivity index (χ4n) is 2.51. The number of hydrogen-bond acceptors (Lipinski definition) is 6. The molecule has 1 aliphatic heterocycles. The molecule has 0 radical (unpaired) electrons. The number of nitrogens with one attached hydrogen (secondary N) is 1. The van der Waals surface area contributed by atoms with Crippen LogP contribution >= 0.6 is 0 Å². The second kappa shape index (κ2) is 7.89. The molecule has 0 aliphatic carbocycles. The van der Waals surface area contributed by atoms with Crippen molar-refractivity contribution in [2.24, 2.45) is 0 Å². The van der Waals surface area contributed by atoms with E-state index in [4.69, 9.17) is 4.74 Å². The number of ether oxygens (including phenoxy) is 1. The third-order valence-corrected chi connectivity index (χ3v) is 3.67. The van der Waals surface area contributed by atoms with Gasteiger partial charge in [-0.1, -0.05) is 18.2 Å². The summed E-state index contributed by atoms with van der Waals surface area (Å²) in [4.78, 5) is 29.2. The van der Waals surface area contributed by atoms with Crippen LogP contribution in [0.15, 0.2) is 36.7 Å². The first-order chi connectivity index (χ1) is 12.1. The van der Waals surface area contributed by atoms with Gasteiger partial charge in [0.1, 0.15) is 6.33 Å². The molecular weight excluding hydrogens is 320 g/mol. The Labute approximate surface area is 146 Å². The number of hydrogen-bond donors (Lipinski definition) is 1. The molecule has 3 rings (SSSR count). The van der Waals surface area contributed by atoms with Crippen molar-refractivity contribution >= 4 is 23.6 Å². The zero-order valence-corrected chi connectivity index (χ0v) is 14.4. The molecule has 0 spiro atoms. The first-order valence-corrected chi connectivity index (χ1v) is 8.32. The van der Waals surface area contributed by atoms with E-state index in [1.807, 2.05) is 49.1 Å². The lowest BCUT2D eigenvalue weighted by Gasteiger charge is -2.28. The predicted octanol–water partition coefficient (Wildman–Crippen LogP) is 1.96. The molecule has 8 nitrogen and oxygen atoms in total. The van der Waals surface area contributed by atoms with Crippen LogP contribution in [0.5, 0.6) is 0 Å². The van der Waals surface area contributed by atoms with Gasteiger partial charge in [-0.05, 0) is 26.0 Å². The molecule has 8 heteroatoms. The SMILES string of the molecule is CC(C)NC(=O)N(c1ccccc1)c1ncnc(N2CCOCC2)n1. The normalized spacial score (nSPS) is 14.4. The zero-order chi connectivity index (χ0) is 17.6. The molecule has 132 valence electrons. The first-order valence-electron chi connectivity index (χ1n) is 8.32. The second-order valence-electron chi connectivity index (χ2n) is 5.96. The monoisotopic (exact) mass is 342 g/mol. The average molecular weight is 342 g/mol. The standard InChI is InChI=1S/C17H22N6O2/c1-13(2)20-17(24)23(14-6-4-3-5-7-14)16-19-12-18-15(21-16)22-8-10-25-11-9-22/h3-7,12-13H,8-11H2,1-2H3,(H,20,24). The molecule has 2 heterocycles. The summed E-state index contributed by atoms with van der Waals surface area (Å²) in [7, 11) is 0. The van der Waals surface area contributed by atoms with Gasteiger partial charge in [0.2, 0.25) is 11.9 Å². The van der Waals surface area contributed by atoms with Gasteiger partial charge in [0.25, 0.3) is 0 Å². The van der Waals surface area contributed by atoms with Crippen molar-refractivity contribution in [2.75, 3.05) is 36.1 Å². The molecule has 1 saturated heterocycles. The van der Waals surface area contributed by atoms with E-state index in [0.717, 1.165) is 0 Å². The minimum atomic E-state index is -0.277. The van der Waals surface area contributed by atoms with E-state index in [0.29, 0.717) is 43.9 Å². The topological polar surface area (TPSA) is 83.5 Å². The van der Waals surface area contributed by atoms with Gasteiger partial charge in [-0.3, -0.25) is 0 Å². The quantitative estimate of drug-likeness (QED) is 0.914. The molecule has 1 aromatic carbocycles. The van der Waals surface area contributed by atoms with E-state index < -0.39 is 0 Å². The highest BCUT2D eigenvalue weighted by Crippen LogP contribution is 2.23. The van der Waals surface area contributed by atoms with E-state index in [2.05, 4.69) is 20.3 Å². The summed E-state index contributed by atoms with van der Waals surface area (Å²) in [6, 6.07) is 9.05. The van der Waals surface area contributed by atoms with Gasteiger partial charge >= 0.3 is 6.03 Å². The Bertz CT molecular complexity index is 703. The first kappa shape index (κ1) is 17.1. The van der Waals surface area contributed by atoms with E-state index in [-0.39, 0.29) is 12.1 Å². The van der Waals surface area contributed by atoms with Crippen LogP contribution in [0.25, 0.3) is 0 Å². The Morgan fingerprint density at radius 3 is 2.60 bits per heavy atom. The highest BCUT2D eigenvalue weighted by atomic mass is 16.5. The zero-order valence-electron chi connectivity index (χ0n) is 14.4. The number of morpholine rings is 1. The van der Waals surface area contributed by atoms with Crippen LogP contribution in [-0.4, -0.2) is 53.3 Å². The molecule has 1 N–H and O–H groups in total. The smallest absolute Gasteiger partial charge is 0.329 e. The van der Waals surface area contributed by atoms with Crippen LogP contribution in [-0.2, 0) is 4.74 Å². The van der Waals surface area contributed by atoms with E-state index >= 15 is 0 Å². The van der Waals surface area contributed by atoms with Gasteiger partial charge in [-0.2, -0.15) is 4.98 Å². The lowest BCUT2D eigenvalue weighted by Crippen LogP contribution is -2.42. The van der Waals surface area contributed by atoms with Gasteiger partial charge in [-0.25, -0.2) is 19.7 Å². The number of benzene rings is 1. The number of carbonyl (C=O) groups is 1. The predicted molar refractivity (Wildman–Crippen MR) is 95.1 cm³/mol. The van der Waals surface area contributed by atoms with Crippen LogP contribution < -0.4 is 15.1 Å². The van der Waals surface area contributed by atoms with Crippen LogP contribution in [0.1, 0.15) is 13.8 Å². The number of amides is 2. The molecule has 2 aromatic rings. The minimum absolute atomic E-state index is 0.000682. The summed E-state index contributed by atoms with van der Waals surface area (Å²) < 4.78 is 5.36. The van der Waals surface area contributed by atoms with E-state index in [9.17, 15) is 4.79 Å². The highest BCUT2D eigenvalue weighted by molar-refractivity contribution is 5.97. The molecule has 0 atom stereocenters. The van der Waals surface area contributed by atoms with E-state index in [1.165, 1.54) is 11.2 Å². The summed E-state index contributed by atoms with van der Waals surface area (Å²) in [6.45, 7) is 6.52. The Kier molecular flexibility index (Phi) is 5.39. The maximum absolute atomic E-state index is 12.7. The molecule has 0 unspecified atom stereocenters. The molecule has 2 amide bonds. The van der Waals surface area contributed by atoms with Crippen molar-refractivity contribution < 1.29 is 9.53 Å². The Morgan fingerprint density at radius 2 is 1.92 bits per heavy atom. The fraction of sp³-hybridized carbons (Fsp3) is 0.412. The van der Waals surface area contributed by atoms with Gasteiger partial charge in [0.05, 0.1) is 18.9 Å². The van der Waals surface area contributed by atoms with Crippen molar-refractivity contribution in [3.8, 4) is 0 Å². The number of nitrogens with zero attached hydrogens (tertiary/aromatic N) is 5. The molecular formula is C17H22N6O2. The van der Waals surface area contributed by atoms with Crippen LogP contribution in [0.4, 0.5) is 22.4 Å². The van der Waals surface area contributed by atoms with Crippen molar-refractivity contribution in [2.45, 2.75) is 19.9 Å². The molecule has 1 aromatic heterocycles. The molecule has 1 fully saturated rings. The second-order valence-corrected chi connectivity index (χ2v) is 5.96. The van der Waals surface area contributed by atoms with Gasteiger partial charge in [0, 0.05) is 19.1 Å². The van der Waals surface area contributed by atoms with Gasteiger partial charge in [-0.15, -0.1) is 0 Å². The van der Waals surface area contributed by atoms with Gasteiger partial charge in [0.15, 0.2) is 0 Å². The largest absolute Gasteiger partial charge is 0.378 e.